The average molecular weight is 732 g/mol. The fraction of sp³-hybridized carbons (Fsp3) is 0.423. The summed E-state index contributed by atoms with van der Waals surface area (Å²) in [5.74, 6) is 4.01. The average Bonchev–Trinajstić information content (AvgIpc) is 3.66. The molecule has 0 amide bonds. The number of hydrogen-bond donors (Lipinski definition) is 0. The van der Waals surface area contributed by atoms with Crippen molar-refractivity contribution in [3.63, 3.8) is 0 Å². The summed E-state index contributed by atoms with van der Waals surface area (Å²) in [6, 6.07) is 43.2. The van der Waals surface area contributed by atoms with Gasteiger partial charge in [-0.1, -0.05) is 131 Å². The molecule has 13 rings (SSSR count). The molecule has 4 aliphatic carbocycles. The molecule has 3 nitrogen and oxygen atoms in total. The molecule has 8 atom stereocenters. The third-order valence-corrected chi connectivity index (χ3v) is 17.5. The number of anilines is 7. The SMILES string of the molecule is CC12CC3CCCCC3CC1(C)N1c3cc(N(c4ccccc4)c4ccccc4)cc4c3B(c3cccc5c3N4C3CC4CCCCC4CC53)c3cccc2c31. The van der Waals surface area contributed by atoms with E-state index in [9.17, 15) is 0 Å². The van der Waals surface area contributed by atoms with Gasteiger partial charge in [0.2, 0.25) is 0 Å². The molecule has 4 heterocycles. The molecule has 0 bridgehead atoms. The predicted octanol–water partition coefficient (Wildman–Crippen LogP) is 11.3. The summed E-state index contributed by atoms with van der Waals surface area (Å²) < 4.78 is 0. The Morgan fingerprint density at radius 1 is 0.589 bits per heavy atom. The summed E-state index contributed by atoms with van der Waals surface area (Å²) in [6.45, 7) is 5.61. The van der Waals surface area contributed by atoms with E-state index in [-0.39, 0.29) is 17.7 Å². The zero-order chi connectivity index (χ0) is 36.9. The first-order valence-corrected chi connectivity index (χ1v) is 22.5. The Hall–Kier alpha value is -4.44. The van der Waals surface area contributed by atoms with Gasteiger partial charge in [-0.2, -0.15) is 0 Å². The first-order valence-electron chi connectivity index (χ1n) is 22.5. The zero-order valence-electron chi connectivity index (χ0n) is 33.3. The number of hydrogen-bond acceptors (Lipinski definition) is 3. The molecule has 0 N–H and O–H groups in total. The Morgan fingerprint density at radius 3 is 1.91 bits per heavy atom. The van der Waals surface area contributed by atoms with E-state index in [4.69, 9.17) is 0 Å². The van der Waals surface area contributed by atoms with Crippen molar-refractivity contribution in [2.45, 2.75) is 114 Å². The van der Waals surface area contributed by atoms with Crippen LogP contribution in [0.5, 0.6) is 0 Å². The summed E-state index contributed by atoms with van der Waals surface area (Å²) in [4.78, 5) is 8.49. The number of nitrogens with zero attached hydrogens (tertiary/aromatic N) is 3. The van der Waals surface area contributed by atoms with E-state index in [1.807, 2.05) is 0 Å². The van der Waals surface area contributed by atoms with E-state index < -0.39 is 0 Å². The molecule has 4 fully saturated rings. The fourth-order valence-corrected chi connectivity index (χ4v) is 15.0. The van der Waals surface area contributed by atoms with Gasteiger partial charge in [-0.3, -0.25) is 0 Å². The molecule has 5 aromatic carbocycles. The minimum Gasteiger partial charge on any atom is -0.338 e. The van der Waals surface area contributed by atoms with Crippen LogP contribution in [0.3, 0.4) is 0 Å². The lowest BCUT2D eigenvalue weighted by Gasteiger charge is -2.57. The van der Waals surface area contributed by atoms with Crippen LogP contribution in [0.15, 0.2) is 109 Å². The van der Waals surface area contributed by atoms with Crippen molar-refractivity contribution in [3.8, 4) is 0 Å². The van der Waals surface area contributed by atoms with Crippen LogP contribution in [0, 0.1) is 23.7 Å². The summed E-state index contributed by atoms with van der Waals surface area (Å²) in [7, 11) is 0. The lowest BCUT2D eigenvalue weighted by Crippen LogP contribution is -2.66. The molecular formula is C52H54BN3. The molecule has 0 radical (unpaired) electrons. The standard InChI is InChI=1S/C52H54BN3/c1-51-31-35-17-11-12-18-36(35)32-52(51,2)56-47-30-39(54(37-19-5-3-6-20-37)38-21-7-4-8-22-38)29-46-48(47)53(44-26-14-24-42(51)50(44)56)43-25-13-23-40-41-27-33-15-9-10-16-34(33)28-45(41)55(46)49(40)43/h3-8,13-14,19-26,29-30,33-36,41,45H,9-12,15-18,27-28,31-32H2,1-2H3. The second-order valence-corrected chi connectivity index (χ2v) is 19.8. The van der Waals surface area contributed by atoms with Gasteiger partial charge in [-0.05, 0) is 120 Å². The minimum absolute atomic E-state index is 0.00145. The molecule has 0 aromatic heterocycles. The highest BCUT2D eigenvalue weighted by molar-refractivity contribution is 7.00. The van der Waals surface area contributed by atoms with Crippen molar-refractivity contribution in [2.24, 2.45) is 23.7 Å². The number of rotatable bonds is 3. The van der Waals surface area contributed by atoms with E-state index in [1.54, 1.807) is 38.9 Å². The van der Waals surface area contributed by atoms with Gasteiger partial charge in [0.05, 0.1) is 11.2 Å². The van der Waals surface area contributed by atoms with Crippen LogP contribution >= 0.6 is 0 Å². The van der Waals surface area contributed by atoms with E-state index in [0.29, 0.717) is 12.0 Å². The van der Waals surface area contributed by atoms with E-state index in [0.717, 1.165) is 23.7 Å². The summed E-state index contributed by atoms with van der Waals surface area (Å²) in [5, 5.41) is 0. The third-order valence-electron chi connectivity index (χ3n) is 17.5. The van der Waals surface area contributed by atoms with Crippen molar-refractivity contribution in [1.29, 1.82) is 0 Å². The normalized spacial score (nSPS) is 32.4. The second kappa shape index (κ2) is 11.6. The highest BCUT2D eigenvalue weighted by atomic mass is 15.3. The highest BCUT2D eigenvalue weighted by Gasteiger charge is 2.64. The largest absolute Gasteiger partial charge is 0.338 e. The van der Waals surface area contributed by atoms with Crippen molar-refractivity contribution in [2.75, 3.05) is 14.7 Å². The molecule has 8 aliphatic rings. The van der Waals surface area contributed by atoms with Gasteiger partial charge in [-0.25, -0.2) is 0 Å². The van der Waals surface area contributed by atoms with Gasteiger partial charge in [-0.15, -0.1) is 0 Å². The number of para-hydroxylation sites is 4. The van der Waals surface area contributed by atoms with Crippen LogP contribution in [0.25, 0.3) is 0 Å². The Morgan fingerprint density at radius 2 is 1.20 bits per heavy atom. The van der Waals surface area contributed by atoms with Gasteiger partial charge in [0, 0.05) is 51.5 Å². The molecule has 56 heavy (non-hydrogen) atoms. The predicted molar refractivity (Wildman–Crippen MR) is 235 cm³/mol. The first-order chi connectivity index (χ1) is 27.5. The summed E-state index contributed by atoms with van der Waals surface area (Å²) >= 11 is 0. The number of benzene rings is 5. The van der Waals surface area contributed by atoms with Gasteiger partial charge in [0.15, 0.2) is 0 Å². The minimum atomic E-state index is 0.00145. The van der Waals surface area contributed by atoms with Crippen LogP contribution < -0.4 is 31.1 Å². The highest BCUT2D eigenvalue weighted by Crippen LogP contribution is 2.66. The van der Waals surface area contributed by atoms with Gasteiger partial charge >= 0.3 is 0 Å². The van der Waals surface area contributed by atoms with Crippen LogP contribution in [-0.2, 0) is 5.41 Å². The summed E-state index contributed by atoms with van der Waals surface area (Å²) in [6.07, 6.45) is 16.6. The summed E-state index contributed by atoms with van der Waals surface area (Å²) in [5.41, 5.74) is 17.9. The van der Waals surface area contributed by atoms with Crippen LogP contribution in [0.4, 0.5) is 39.8 Å². The molecule has 280 valence electrons. The van der Waals surface area contributed by atoms with Crippen molar-refractivity contribution >= 4 is 62.9 Å². The third kappa shape index (κ3) is 4.11. The Bertz CT molecular complexity index is 2370. The first kappa shape index (κ1) is 32.6. The maximum Gasteiger partial charge on any atom is 0.252 e. The van der Waals surface area contributed by atoms with Crippen molar-refractivity contribution < 1.29 is 0 Å². The molecule has 4 saturated carbocycles. The second-order valence-electron chi connectivity index (χ2n) is 19.8. The molecule has 0 saturated heterocycles. The fourth-order valence-electron chi connectivity index (χ4n) is 15.0. The van der Waals surface area contributed by atoms with E-state index in [2.05, 4.69) is 138 Å². The van der Waals surface area contributed by atoms with Gasteiger partial charge < -0.3 is 14.7 Å². The Kier molecular flexibility index (Phi) is 6.75. The molecule has 5 aromatic rings. The molecule has 4 aliphatic heterocycles. The quantitative estimate of drug-likeness (QED) is 0.171. The van der Waals surface area contributed by atoms with E-state index in [1.165, 1.54) is 105 Å². The Labute approximate surface area is 334 Å². The van der Waals surface area contributed by atoms with E-state index >= 15 is 0 Å². The molecule has 8 unspecified atom stereocenters. The number of fused-ring (bicyclic) bond motifs is 12. The zero-order valence-corrected chi connectivity index (χ0v) is 33.3. The molecular weight excluding hydrogens is 677 g/mol. The maximum atomic E-state index is 2.98. The van der Waals surface area contributed by atoms with Gasteiger partial charge in [0.1, 0.15) is 0 Å². The van der Waals surface area contributed by atoms with Crippen LogP contribution in [0.1, 0.15) is 108 Å². The van der Waals surface area contributed by atoms with Crippen molar-refractivity contribution in [3.05, 3.63) is 120 Å². The smallest absolute Gasteiger partial charge is 0.252 e. The van der Waals surface area contributed by atoms with Crippen LogP contribution in [-0.4, -0.2) is 18.3 Å². The lowest BCUT2D eigenvalue weighted by molar-refractivity contribution is 0.0581. The van der Waals surface area contributed by atoms with Gasteiger partial charge in [0.25, 0.3) is 6.71 Å². The monoisotopic (exact) mass is 731 g/mol. The topological polar surface area (TPSA) is 9.72 Å². The lowest BCUT2D eigenvalue weighted by atomic mass is 9.33. The molecule has 4 heteroatoms. The maximum absolute atomic E-state index is 2.98. The molecule has 0 spiro atoms. The van der Waals surface area contributed by atoms with Crippen molar-refractivity contribution in [1.82, 2.24) is 0 Å². The van der Waals surface area contributed by atoms with Crippen LogP contribution in [0.2, 0.25) is 0 Å². The Balaban J connectivity index is 1.11.